The molecule has 4 heteroatoms. The molecule has 0 aromatic rings. The highest BCUT2D eigenvalue weighted by atomic mass is 15.7. The van der Waals surface area contributed by atoms with Gasteiger partial charge in [-0.25, -0.2) is 0 Å². The summed E-state index contributed by atoms with van der Waals surface area (Å²) < 4.78 is 0. The van der Waals surface area contributed by atoms with Gasteiger partial charge in [-0.15, -0.1) is 11.1 Å². The van der Waals surface area contributed by atoms with Crippen LogP contribution in [-0.2, 0) is 0 Å². The fourth-order valence-electron chi connectivity index (χ4n) is 6.92. The molecule has 29 heavy (non-hydrogen) atoms. The van der Waals surface area contributed by atoms with E-state index in [2.05, 4.69) is 125 Å². The molecule has 0 aromatic carbocycles. The van der Waals surface area contributed by atoms with Crippen molar-refractivity contribution in [1.29, 1.82) is 0 Å². The third kappa shape index (κ3) is 2.30. The van der Waals surface area contributed by atoms with Crippen LogP contribution in [0, 0.1) is 0 Å². The summed E-state index contributed by atoms with van der Waals surface area (Å²) in [5.41, 5.74) is -0.642. The van der Waals surface area contributed by atoms with E-state index in [9.17, 15) is 0 Å². The molecule has 3 aliphatic heterocycles. The van der Waals surface area contributed by atoms with Crippen LogP contribution >= 0.6 is 0 Å². The maximum Gasteiger partial charge on any atom is 0.122 e. The topological polar surface area (TPSA) is 23.8 Å². The third-order valence-corrected chi connectivity index (χ3v) is 10.9. The summed E-state index contributed by atoms with van der Waals surface area (Å²) in [6.45, 7) is 38.7. The van der Waals surface area contributed by atoms with Gasteiger partial charge in [0.25, 0.3) is 0 Å². The SMILES string of the molecule is CC1(C)[N-]C(C)(C)C(C)(C)N2C3N(C1(C)C)C(C)(C)C(C)(C)N3C(C)(C)C2(C)C. The maximum absolute atomic E-state index is 5.61. The number of hydrogen-bond donors (Lipinski definition) is 0. The van der Waals surface area contributed by atoms with Crippen molar-refractivity contribution < 1.29 is 0 Å². The lowest BCUT2D eigenvalue weighted by molar-refractivity contribution is -0.149. The van der Waals surface area contributed by atoms with Gasteiger partial charge in [0, 0.05) is 33.2 Å². The lowest BCUT2D eigenvalue weighted by atomic mass is 9.68. The molecule has 3 fully saturated rings. The second-order valence-electron chi connectivity index (χ2n) is 14.0. The molecule has 0 unspecified atom stereocenters. The Labute approximate surface area is 181 Å². The van der Waals surface area contributed by atoms with E-state index >= 15 is 0 Å². The highest BCUT2D eigenvalue weighted by Gasteiger charge is 2.75. The maximum atomic E-state index is 5.61. The average Bonchev–Trinajstić information content (AvgIpc) is 2.68. The van der Waals surface area contributed by atoms with Crippen LogP contribution < -0.4 is 0 Å². The molecule has 4 nitrogen and oxygen atoms in total. The second kappa shape index (κ2) is 5.42. The average molecular weight is 406 g/mol. The fraction of sp³-hybridized carbons (Fsp3) is 1.00. The minimum atomic E-state index is -0.194. The summed E-state index contributed by atoms with van der Waals surface area (Å²) >= 11 is 0. The van der Waals surface area contributed by atoms with Gasteiger partial charge in [0.2, 0.25) is 0 Å². The molecule has 3 saturated heterocycles. The highest BCUT2D eigenvalue weighted by molar-refractivity contribution is 5.36. The van der Waals surface area contributed by atoms with Crippen molar-refractivity contribution in [2.75, 3.05) is 0 Å². The van der Waals surface area contributed by atoms with Crippen LogP contribution in [0.3, 0.4) is 0 Å². The van der Waals surface area contributed by atoms with Crippen molar-refractivity contribution in [3.63, 3.8) is 0 Å². The second-order valence-corrected chi connectivity index (χ2v) is 14.0. The monoisotopic (exact) mass is 405 g/mol. The Balaban J connectivity index is 2.46. The molecule has 170 valence electrons. The predicted octanol–water partition coefficient (Wildman–Crippen LogP) is 5.82. The smallest absolute Gasteiger partial charge is 0.122 e. The van der Waals surface area contributed by atoms with Gasteiger partial charge in [0.15, 0.2) is 0 Å². The Bertz CT molecular complexity index is 650. The first kappa shape index (κ1) is 23.5. The van der Waals surface area contributed by atoms with Gasteiger partial charge in [-0.05, 0) is 83.1 Å². The van der Waals surface area contributed by atoms with E-state index in [1.807, 2.05) is 0 Å². The van der Waals surface area contributed by atoms with Gasteiger partial charge in [-0.2, -0.15) is 0 Å². The molecule has 0 aromatic heterocycles. The Kier molecular flexibility index (Phi) is 4.39. The Morgan fingerprint density at radius 1 is 0.379 bits per heavy atom. The van der Waals surface area contributed by atoms with Crippen LogP contribution in [0.5, 0.6) is 0 Å². The Hall–Kier alpha value is -0.160. The van der Waals surface area contributed by atoms with E-state index in [0.29, 0.717) is 0 Å². The van der Waals surface area contributed by atoms with Gasteiger partial charge < -0.3 is 5.32 Å². The minimum absolute atomic E-state index is 0.00506. The van der Waals surface area contributed by atoms with Gasteiger partial charge in [-0.3, -0.25) is 14.7 Å². The first-order valence-corrected chi connectivity index (χ1v) is 11.6. The number of nitrogens with zero attached hydrogens (tertiary/aromatic N) is 4. The molecule has 0 bridgehead atoms. The molecule has 0 aliphatic carbocycles. The van der Waals surface area contributed by atoms with E-state index in [0.717, 1.165) is 0 Å². The van der Waals surface area contributed by atoms with Crippen molar-refractivity contribution in [2.45, 2.75) is 161 Å². The molecule has 0 atom stereocenters. The molecule has 0 amide bonds. The number of rotatable bonds is 0. The van der Waals surface area contributed by atoms with Gasteiger partial charge in [0.1, 0.15) is 6.29 Å². The van der Waals surface area contributed by atoms with Crippen molar-refractivity contribution >= 4 is 0 Å². The first-order chi connectivity index (χ1) is 12.4. The van der Waals surface area contributed by atoms with E-state index in [-0.39, 0.29) is 50.6 Å². The quantitative estimate of drug-likeness (QED) is 0.507. The normalized spacial score (nSPS) is 36.4. The van der Waals surface area contributed by atoms with Crippen LogP contribution in [0.4, 0.5) is 0 Å². The summed E-state index contributed by atoms with van der Waals surface area (Å²) in [6, 6.07) is 0. The molecule has 0 N–H and O–H groups in total. The van der Waals surface area contributed by atoms with Crippen molar-refractivity contribution in [3.8, 4) is 0 Å². The van der Waals surface area contributed by atoms with E-state index < -0.39 is 0 Å². The van der Waals surface area contributed by atoms with E-state index in [1.165, 1.54) is 0 Å². The summed E-state index contributed by atoms with van der Waals surface area (Å²) in [5.74, 6) is 0. The molecule has 3 heterocycles. The van der Waals surface area contributed by atoms with Gasteiger partial charge >= 0.3 is 0 Å². The van der Waals surface area contributed by atoms with Crippen molar-refractivity contribution in [1.82, 2.24) is 14.7 Å². The Morgan fingerprint density at radius 3 is 0.828 bits per heavy atom. The lowest BCUT2D eigenvalue weighted by Gasteiger charge is -2.73. The van der Waals surface area contributed by atoms with E-state index in [4.69, 9.17) is 5.32 Å². The first-order valence-electron chi connectivity index (χ1n) is 11.6. The van der Waals surface area contributed by atoms with Crippen LogP contribution in [0.15, 0.2) is 0 Å². The van der Waals surface area contributed by atoms with Crippen LogP contribution in [0.2, 0.25) is 0 Å². The van der Waals surface area contributed by atoms with Crippen LogP contribution in [0.1, 0.15) is 111 Å². The molecule has 0 spiro atoms. The molecule has 0 radical (unpaired) electrons. The predicted molar refractivity (Wildman–Crippen MR) is 125 cm³/mol. The largest absolute Gasteiger partial charge is 0.649 e. The van der Waals surface area contributed by atoms with Crippen LogP contribution in [0.25, 0.3) is 5.32 Å². The summed E-state index contributed by atoms with van der Waals surface area (Å²) in [5, 5.41) is 5.61. The lowest BCUT2D eigenvalue weighted by Crippen LogP contribution is -2.77. The van der Waals surface area contributed by atoms with E-state index in [1.54, 1.807) is 0 Å². The van der Waals surface area contributed by atoms with Crippen molar-refractivity contribution in [3.05, 3.63) is 5.32 Å². The molecule has 0 saturated carbocycles. The molecule has 3 aliphatic rings. The standard InChI is InChI=1S/C25H49N4/c1-18(2)20(5,6)27-17-28(21(7,8)19(3,4)26-18)23(11,12)25(15,16)29(17)24(13,14)22(27,9)10/h17H,1-16H3/q-1. The summed E-state index contributed by atoms with van der Waals surface area (Å²) in [6.07, 6.45) is 0.226. The fourth-order valence-corrected chi connectivity index (χ4v) is 6.92. The zero-order chi connectivity index (χ0) is 23.0. The highest BCUT2D eigenvalue weighted by Crippen LogP contribution is 2.64. The van der Waals surface area contributed by atoms with Crippen molar-refractivity contribution in [2.24, 2.45) is 0 Å². The Morgan fingerprint density at radius 2 is 0.586 bits per heavy atom. The van der Waals surface area contributed by atoms with Gasteiger partial charge in [0.05, 0.1) is 0 Å². The molecular formula is C25H49N4-. The number of hydrogen-bond acceptors (Lipinski definition) is 3. The zero-order valence-corrected chi connectivity index (χ0v) is 22.4. The third-order valence-electron chi connectivity index (χ3n) is 10.9. The summed E-state index contributed by atoms with van der Waals surface area (Å²) in [4.78, 5) is 8.47. The minimum Gasteiger partial charge on any atom is -0.649 e. The molecule has 3 rings (SSSR count). The van der Waals surface area contributed by atoms with Crippen LogP contribution in [-0.4, -0.2) is 65.3 Å². The zero-order valence-electron chi connectivity index (χ0n) is 22.4. The van der Waals surface area contributed by atoms with Gasteiger partial charge in [-0.1, -0.05) is 27.7 Å². The molecular weight excluding hydrogens is 356 g/mol. The summed E-state index contributed by atoms with van der Waals surface area (Å²) in [7, 11) is 0.